The van der Waals surface area contributed by atoms with Crippen LogP contribution in [0.3, 0.4) is 0 Å². The van der Waals surface area contributed by atoms with Crippen molar-refractivity contribution in [3.8, 4) is 0 Å². The molecule has 2 heterocycles. The van der Waals surface area contributed by atoms with E-state index in [0.717, 1.165) is 11.3 Å². The number of hydrogen-bond donors (Lipinski definition) is 2. The van der Waals surface area contributed by atoms with Crippen LogP contribution in [0.2, 0.25) is 0 Å². The number of aliphatic hydroxyl groups is 1. The Labute approximate surface area is 334 Å². The van der Waals surface area contributed by atoms with E-state index in [9.17, 15) is 86.1 Å². The molecule has 0 aliphatic carbocycles. The van der Waals surface area contributed by atoms with Gasteiger partial charge in [-0.1, -0.05) is 11.3 Å². The maximum Gasteiger partial charge on any atom is 3.00 e. The number of nitrogen functional groups attached to an aromatic ring is 1. The zero-order chi connectivity index (χ0) is 36.2. The average molecular weight is 1050 g/mol. The van der Waals surface area contributed by atoms with E-state index in [1.165, 1.54) is 4.88 Å². The Balaban J connectivity index is -0.000000101. The van der Waals surface area contributed by atoms with E-state index in [1.807, 2.05) is 19.4 Å². The molecule has 0 aliphatic heterocycles. The maximum absolute atomic E-state index is 9.32. The number of anilines is 1. The van der Waals surface area contributed by atoms with Gasteiger partial charge in [-0.05, 0) is 6.92 Å². The summed E-state index contributed by atoms with van der Waals surface area (Å²) in [6, 6.07) is 0. The van der Waals surface area contributed by atoms with Crippen molar-refractivity contribution >= 4 is 64.1 Å². The topological polar surface area (TPSA) is 483 Å². The fourth-order valence-electron chi connectivity index (χ4n) is 2.13. The number of aliphatic hydroxyl groups excluding tert-OH is 1. The predicted molar refractivity (Wildman–Crippen MR) is 119 cm³/mol. The Morgan fingerprint density at radius 1 is 0.720 bits per heavy atom. The third kappa shape index (κ3) is 42.4. The van der Waals surface area contributed by atoms with E-state index in [4.69, 9.17) is 10.8 Å². The number of aromatic nitrogens is 3. The van der Waals surface area contributed by atoms with Gasteiger partial charge in [0.05, 0.1) is 57.4 Å². The van der Waals surface area contributed by atoms with E-state index < -0.39 is 46.9 Å². The zero-order valence-electron chi connectivity index (χ0n) is 23.6. The first-order chi connectivity index (χ1) is 19.7. The van der Waals surface area contributed by atoms with Crippen LogP contribution in [0.25, 0.3) is 0 Å². The van der Waals surface area contributed by atoms with E-state index >= 15 is 0 Å². The quantitative estimate of drug-likeness (QED) is 0.127. The third-order valence-corrected chi connectivity index (χ3v) is 9.40. The molecular formula is C12H17ClFe4N4O22P6S. The van der Waals surface area contributed by atoms with E-state index in [-0.39, 0.29) is 87.3 Å². The standard InChI is InChI=1S/C12H17N4OS.ClH.4Fe.3H4O7P2/c1-8-11(3-4-17)18-7-16(8)6-10-5-14-9(2)15-12(10)13;;;;;;3*1-8(2,3)7-9(4,5)6/h5,7,17H,3-4,6H2,1-2H3,(H2,13,14,15);1H;;;;;3*(H2,1,2,3)(H2,4,5,6)/q+1;;4*+3;;;/p-13. The van der Waals surface area contributed by atoms with Crippen molar-refractivity contribution in [2.45, 2.75) is 26.8 Å². The van der Waals surface area contributed by atoms with Crippen LogP contribution in [-0.2, 0) is 122 Å². The van der Waals surface area contributed by atoms with E-state index in [0.29, 0.717) is 24.6 Å². The molecule has 2 rings (SSSR count). The molecule has 0 unspecified atom stereocenters. The summed E-state index contributed by atoms with van der Waals surface area (Å²) < 4.78 is 65.6. The first-order valence-electron chi connectivity index (χ1n) is 10.1. The largest absolute Gasteiger partial charge is 3.00 e. The Bertz CT molecular complexity index is 1380. The van der Waals surface area contributed by atoms with Gasteiger partial charge in [0.2, 0.25) is 5.51 Å². The molecule has 0 aliphatic rings. The molecule has 38 heteroatoms. The summed E-state index contributed by atoms with van der Waals surface area (Å²) in [7, 11) is -34.1. The molecule has 0 spiro atoms. The molecule has 0 bridgehead atoms. The number of aryl methyl sites for hydroxylation is 1. The number of rotatable bonds is 10. The van der Waals surface area contributed by atoms with E-state index in [1.54, 1.807) is 17.5 Å². The van der Waals surface area contributed by atoms with E-state index in [2.05, 4.69) is 27.5 Å². The van der Waals surface area contributed by atoms with Crippen LogP contribution < -0.4 is 81.4 Å². The van der Waals surface area contributed by atoms with Crippen molar-refractivity contribution in [1.82, 2.24) is 9.97 Å². The number of thiazole rings is 1. The number of nitrogens with two attached hydrogens (primary N) is 1. The fourth-order valence-corrected chi connectivity index (χ4v) is 6.06. The van der Waals surface area contributed by atoms with Crippen LogP contribution in [0.5, 0.6) is 0 Å². The number of phosphoric acid groups is 6. The first kappa shape index (κ1) is 66.4. The zero-order valence-corrected chi connectivity index (χ0v) is 35.0. The van der Waals surface area contributed by atoms with Crippen LogP contribution >= 0.6 is 58.3 Å². The number of halogens is 1. The summed E-state index contributed by atoms with van der Waals surface area (Å²) in [5.41, 5.74) is 10.0. The van der Waals surface area contributed by atoms with Crippen LogP contribution in [0.4, 0.5) is 5.82 Å². The van der Waals surface area contributed by atoms with Gasteiger partial charge >= 0.3 is 68.3 Å². The minimum Gasteiger partial charge on any atom is -1.00 e. The summed E-state index contributed by atoms with van der Waals surface area (Å²) in [5.74, 6) is 1.22. The summed E-state index contributed by atoms with van der Waals surface area (Å²) in [6.07, 6.45) is 2.47. The van der Waals surface area contributed by atoms with Crippen molar-refractivity contribution in [2.24, 2.45) is 0 Å². The van der Waals surface area contributed by atoms with Crippen molar-refractivity contribution in [1.29, 1.82) is 0 Å². The molecule has 4 radical (unpaired) electrons. The SMILES string of the molecule is Cc1ncc(C[n+]2csc(CCO)c2C)c(N)n1.O=P([O-])([O-])OP(=O)([O-])[O-].O=P([O-])([O-])OP(=O)([O-])[O-].O=P([O-])([O-])OP(=O)([O-])[O-].[Cl-].[Fe+3].[Fe+3].[Fe+3].[Fe+3]. The van der Waals surface area contributed by atoms with Crippen LogP contribution in [0, 0.1) is 13.8 Å². The molecule has 0 amide bonds. The first-order valence-corrected chi connectivity index (χ1v) is 19.8. The van der Waals surface area contributed by atoms with Crippen molar-refractivity contribution < 1.29 is 189 Å². The van der Waals surface area contributed by atoms with Gasteiger partial charge in [0, 0.05) is 26.1 Å². The minimum absolute atomic E-state index is 0. The minimum atomic E-state index is -5.68. The summed E-state index contributed by atoms with van der Waals surface area (Å²) >= 11 is 1.65. The summed E-state index contributed by atoms with van der Waals surface area (Å²) in [4.78, 5) is 121. The molecule has 0 fully saturated rings. The van der Waals surface area contributed by atoms with Crippen LogP contribution in [0.1, 0.15) is 22.0 Å². The average Bonchev–Trinajstić information content (AvgIpc) is 3.03. The molecule has 2 aromatic rings. The third-order valence-electron chi connectivity index (χ3n) is 3.45. The normalized spacial score (nSPS) is 11.3. The van der Waals surface area contributed by atoms with Gasteiger partial charge in [-0.15, -0.1) is 0 Å². The van der Waals surface area contributed by atoms with Gasteiger partial charge in [-0.3, -0.25) is 0 Å². The summed E-state index contributed by atoms with van der Waals surface area (Å²) in [5, 5.41) is 8.98. The van der Waals surface area contributed by atoms with Crippen molar-refractivity contribution in [3.05, 3.63) is 33.7 Å². The van der Waals surface area contributed by atoms with Gasteiger partial charge in [0.15, 0.2) is 12.2 Å². The summed E-state index contributed by atoms with van der Waals surface area (Å²) in [6.45, 7) is 4.71. The number of hydrogen-bond acceptors (Lipinski definition) is 26. The second-order valence-corrected chi connectivity index (χ2v) is 15.4. The van der Waals surface area contributed by atoms with Crippen LogP contribution in [-0.4, -0.2) is 21.7 Å². The Morgan fingerprint density at radius 2 is 1.04 bits per heavy atom. The van der Waals surface area contributed by atoms with Gasteiger partial charge < -0.3 is 122 Å². The molecule has 0 aromatic carbocycles. The van der Waals surface area contributed by atoms with Crippen LogP contribution in [0.15, 0.2) is 11.7 Å². The predicted octanol–water partition coefficient (Wildman–Crippen LogP) is -12.4. The van der Waals surface area contributed by atoms with Gasteiger partial charge in [0.1, 0.15) is 11.6 Å². The molecule has 0 saturated carbocycles. The van der Waals surface area contributed by atoms with Crippen molar-refractivity contribution in [2.75, 3.05) is 12.3 Å². The van der Waals surface area contributed by atoms with Crippen molar-refractivity contribution in [3.63, 3.8) is 0 Å². The van der Waals surface area contributed by atoms with Gasteiger partial charge in [-0.2, -0.15) is 4.57 Å². The Kier molecular flexibility index (Phi) is 37.3. The smallest absolute Gasteiger partial charge is 1.00 e. The second kappa shape index (κ2) is 28.1. The maximum atomic E-state index is 9.32. The van der Waals surface area contributed by atoms with Gasteiger partial charge in [0.25, 0.3) is 0 Å². The number of nitrogens with zero attached hydrogens (tertiary/aromatic N) is 3. The molecule has 292 valence electrons. The fraction of sp³-hybridized carbons (Fsp3) is 0.417. The monoisotopic (exact) mass is 1050 g/mol. The Morgan fingerprint density at radius 3 is 1.28 bits per heavy atom. The molecule has 0 saturated heterocycles. The molecule has 0 atom stereocenters. The Hall–Kier alpha value is 1.62. The molecule has 2 aromatic heterocycles. The second-order valence-electron chi connectivity index (χ2n) is 7.09. The molecular weight excluding hydrogens is 1030 g/mol. The molecule has 3 N–H and O–H groups in total. The molecule has 26 nitrogen and oxygen atoms in total. The van der Waals surface area contributed by atoms with Gasteiger partial charge in [-0.25, -0.2) is 9.97 Å². The molecule has 50 heavy (non-hydrogen) atoms.